The number of amides is 1. The maximum atomic E-state index is 11.0. The van der Waals surface area contributed by atoms with Gasteiger partial charge in [-0.25, -0.2) is 0 Å². The Morgan fingerprint density at radius 2 is 1.90 bits per heavy atom. The van der Waals surface area contributed by atoms with E-state index < -0.39 is 0 Å². The molecule has 2 rings (SSSR count). The summed E-state index contributed by atoms with van der Waals surface area (Å²) < 4.78 is 5.11. The number of primary amides is 1. The predicted molar refractivity (Wildman–Crippen MR) is 78.5 cm³/mol. The molecule has 2 N–H and O–H groups in total. The Morgan fingerprint density at radius 1 is 1.20 bits per heavy atom. The number of ether oxygens (including phenoxy) is 1. The number of aromatic nitrogens is 2. The molecule has 20 heavy (non-hydrogen) atoms. The number of carbonyl (C=O) groups excluding carboxylic acids is 1. The summed E-state index contributed by atoms with van der Waals surface area (Å²) >= 11 is 1.29. The van der Waals surface area contributed by atoms with Crippen molar-refractivity contribution in [3.05, 3.63) is 36.4 Å². The molecule has 0 aliphatic heterocycles. The Kier molecular flexibility index (Phi) is 4.57. The van der Waals surface area contributed by atoms with Gasteiger partial charge in [0.1, 0.15) is 10.8 Å². The van der Waals surface area contributed by atoms with Crippen molar-refractivity contribution in [2.45, 2.75) is 17.2 Å². The summed E-state index contributed by atoms with van der Waals surface area (Å²) in [7, 11) is 1.63. The molecule has 0 radical (unpaired) electrons. The number of rotatable bonds is 5. The lowest BCUT2D eigenvalue weighted by molar-refractivity contribution is -0.117. The molecule has 1 aromatic heterocycles. The van der Waals surface area contributed by atoms with E-state index in [2.05, 4.69) is 10.2 Å². The number of hydrogen-bond donors (Lipinski definition) is 1. The van der Waals surface area contributed by atoms with Crippen molar-refractivity contribution in [2.75, 3.05) is 7.11 Å². The van der Waals surface area contributed by atoms with Gasteiger partial charge in [-0.3, -0.25) is 4.79 Å². The highest BCUT2D eigenvalue weighted by molar-refractivity contribution is 8.00. The first kappa shape index (κ1) is 14.3. The van der Waals surface area contributed by atoms with E-state index in [4.69, 9.17) is 10.5 Å². The number of hydrogen-bond acceptors (Lipinski definition) is 5. The zero-order valence-corrected chi connectivity index (χ0v) is 12.1. The molecule has 0 spiro atoms. The normalized spacial score (nSPS) is 11.9. The molecule has 0 bridgehead atoms. The minimum Gasteiger partial charge on any atom is -0.497 e. The Hall–Kier alpha value is -2.08. The second kappa shape index (κ2) is 6.38. The maximum Gasteiger partial charge on any atom is 0.230 e. The van der Waals surface area contributed by atoms with Crippen molar-refractivity contribution in [2.24, 2.45) is 5.73 Å². The fraction of sp³-hybridized carbons (Fsp3) is 0.214. The molecule has 0 aliphatic rings. The van der Waals surface area contributed by atoms with E-state index in [0.717, 1.165) is 17.0 Å². The fourth-order valence-corrected chi connectivity index (χ4v) is 2.25. The molecular formula is C14H15N3O2S. The first-order chi connectivity index (χ1) is 9.60. The number of methoxy groups -OCH3 is 1. The third-order valence-corrected chi connectivity index (χ3v) is 3.77. The van der Waals surface area contributed by atoms with Crippen molar-refractivity contribution < 1.29 is 9.53 Å². The Bertz CT molecular complexity index is 584. The van der Waals surface area contributed by atoms with Crippen molar-refractivity contribution in [3.63, 3.8) is 0 Å². The standard InChI is InChI=1S/C14H15N3O2S/c1-9(14(15)18)20-13-8-7-12(16-17-13)10-3-5-11(19-2)6-4-10/h3-9H,1-2H3,(H2,15,18)/t9-/m0/s1. The molecule has 6 heteroatoms. The molecule has 2 aromatic rings. The quantitative estimate of drug-likeness (QED) is 0.853. The molecule has 1 atom stereocenters. The zero-order chi connectivity index (χ0) is 14.5. The van der Waals surface area contributed by atoms with Crippen LogP contribution in [0.2, 0.25) is 0 Å². The number of thioether (sulfide) groups is 1. The number of nitrogens with two attached hydrogens (primary N) is 1. The lowest BCUT2D eigenvalue weighted by Crippen LogP contribution is -2.22. The molecule has 5 nitrogen and oxygen atoms in total. The summed E-state index contributed by atoms with van der Waals surface area (Å²) in [5.74, 6) is 0.431. The van der Waals surface area contributed by atoms with E-state index in [1.54, 1.807) is 14.0 Å². The molecule has 104 valence electrons. The molecular weight excluding hydrogens is 274 g/mol. The van der Waals surface area contributed by atoms with E-state index >= 15 is 0 Å². The number of benzene rings is 1. The van der Waals surface area contributed by atoms with Gasteiger partial charge in [0, 0.05) is 5.56 Å². The van der Waals surface area contributed by atoms with Crippen LogP contribution in [0.3, 0.4) is 0 Å². The Morgan fingerprint density at radius 3 is 2.40 bits per heavy atom. The van der Waals surface area contributed by atoms with Crippen LogP contribution in [0.25, 0.3) is 11.3 Å². The first-order valence-electron chi connectivity index (χ1n) is 6.04. The number of carbonyl (C=O) groups is 1. The van der Waals surface area contributed by atoms with Gasteiger partial charge in [0.25, 0.3) is 0 Å². The van der Waals surface area contributed by atoms with Gasteiger partial charge in [0.05, 0.1) is 18.1 Å². The highest BCUT2D eigenvalue weighted by Crippen LogP contribution is 2.24. The van der Waals surface area contributed by atoms with Gasteiger partial charge in [-0.1, -0.05) is 11.8 Å². The van der Waals surface area contributed by atoms with Gasteiger partial charge >= 0.3 is 0 Å². The largest absolute Gasteiger partial charge is 0.497 e. The summed E-state index contributed by atoms with van der Waals surface area (Å²) in [6.45, 7) is 1.74. The predicted octanol–water partition coefficient (Wildman–Crippen LogP) is 2.12. The summed E-state index contributed by atoms with van der Waals surface area (Å²) in [5.41, 5.74) is 6.94. The summed E-state index contributed by atoms with van der Waals surface area (Å²) in [5, 5.41) is 8.60. The Balaban J connectivity index is 2.12. The fourth-order valence-electron chi connectivity index (χ4n) is 1.54. The molecule has 1 aromatic carbocycles. The number of nitrogens with zero attached hydrogens (tertiary/aromatic N) is 2. The molecule has 0 fully saturated rings. The second-order valence-corrected chi connectivity index (χ2v) is 5.51. The van der Waals surface area contributed by atoms with Crippen LogP contribution in [0.4, 0.5) is 0 Å². The van der Waals surface area contributed by atoms with Crippen LogP contribution in [0.15, 0.2) is 41.4 Å². The third kappa shape index (κ3) is 3.48. The SMILES string of the molecule is COc1ccc(-c2ccc(S[C@@H](C)C(N)=O)nn2)cc1. The van der Waals surface area contributed by atoms with Gasteiger partial charge in [-0.15, -0.1) is 10.2 Å². The van der Waals surface area contributed by atoms with E-state index in [-0.39, 0.29) is 11.2 Å². The van der Waals surface area contributed by atoms with Gasteiger partial charge < -0.3 is 10.5 Å². The molecule has 0 aliphatic carbocycles. The van der Waals surface area contributed by atoms with Crippen LogP contribution < -0.4 is 10.5 Å². The lowest BCUT2D eigenvalue weighted by atomic mass is 10.1. The maximum absolute atomic E-state index is 11.0. The van der Waals surface area contributed by atoms with Gasteiger partial charge in [0.2, 0.25) is 5.91 Å². The smallest absolute Gasteiger partial charge is 0.230 e. The average Bonchev–Trinajstić information content (AvgIpc) is 2.48. The van der Waals surface area contributed by atoms with Crippen LogP contribution in [-0.4, -0.2) is 28.5 Å². The summed E-state index contributed by atoms with van der Waals surface area (Å²) in [6.07, 6.45) is 0. The van der Waals surface area contributed by atoms with Crippen molar-refractivity contribution in [1.82, 2.24) is 10.2 Å². The van der Waals surface area contributed by atoms with Gasteiger partial charge in [-0.05, 0) is 43.3 Å². The third-order valence-electron chi connectivity index (χ3n) is 2.72. The first-order valence-corrected chi connectivity index (χ1v) is 6.92. The van der Waals surface area contributed by atoms with E-state index in [1.165, 1.54) is 11.8 Å². The van der Waals surface area contributed by atoms with Crippen LogP contribution in [0.1, 0.15) is 6.92 Å². The molecule has 1 heterocycles. The van der Waals surface area contributed by atoms with E-state index in [0.29, 0.717) is 5.03 Å². The van der Waals surface area contributed by atoms with Gasteiger partial charge in [-0.2, -0.15) is 0 Å². The molecule has 1 amide bonds. The highest BCUT2D eigenvalue weighted by Gasteiger charge is 2.11. The molecule has 0 unspecified atom stereocenters. The second-order valence-electron chi connectivity index (χ2n) is 4.15. The zero-order valence-electron chi connectivity index (χ0n) is 11.2. The Labute approximate surface area is 121 Å². The summed E-state index contributed by atoms with van der Waals surface area (Å²) in [6, 6.07) is 11.3. The molecule has 0 saturated heterocycles. The molecule has 0 saturated carbocycles. The summed E-state index contributed by atoms with van der Waals surface area (Å²) in [4.78, 5) is 11.0. The lowest BCUT2D eigenvalue weighted by Gasteiger charge is -2.06. The van der Waals surface area contributed by atoms with E-state index in [9.17, 15) is 4.79 Å². The van der Waals surface area contributed by atoms with Crippen LogP contribution >= 0.6 is 11.8 Å². The van der Waals surface area contributed by atoms with E-state index in [1.807, 2.05) is 36.4 Å². The van der Waals surface area contributed by atoms with Crippen molar-refractivity contribution in [3.8, 4) is 17.0 Å². The average molecular weight is 289 g/mol. The minimum absolute atomic E-state index is 0.323. The van der Waals surface area contributed by atoms with Crippen LogP contribution in [0.5, 0.6) is 5.75 Å². The monoisotopic (exact) mass is 289 g/mol. The topological polar surface area (TPSA) is 78.1 Å². The van der Waals surface area contributed by atoms with Crippen molar-refractivity contribution >= 4 is 17.7 Å². The van der Waals surface area contributed by atoms with Crippen molar-refractivity contribution in [1.29, 1.82) is 0 Å². The minimum atomic E-state index is -0.365. The van der Waals surface area contributed by atoms with Gasteiger partial charge in [0.15, 0.2) is 0 Å². The van der Waals surface area contributed by atoms with Crippen LogP contribution in [-0.2, 0) is 4.79 Å². The van der Waals surface area contributed by atoms with Crippen LogP contribution in [0, 0.1) is 0 Å². The highest BCUT2D eigenvalue weighted by atomic mass is 32.2.